The minimum Gasteiger partial charge on any atom is -0.449 e. The molecule has 0 aromatic heterocycles. The highest BCUT2D eigenvalue weighted by atomic mass is 16.6. The molecule has 5 heteroatoms. The highest BCUT2D eigenvalue weighted by molar-refractivity contribution is 5.74. The second-order valence-electron chi connectivity index (χ2n) is 3.60. The molecule has 0 radical (unpaired) electrons. The lowest BCUT2D eigenvalue weighted by atomic mass is 10.2. The van der Waals surface area contributed by atoms with Gasteiger partial charge in [0.25, 0.3) is 0 Å². The number of nitrogens with zero attached hydrogens (tertiary/aromatic N) is 3. The average Bonchev–Trinajstić information content (AvgIpc) is 2.40. The molecule has 1 amide bonds. The SMILES string of the molecule is CCOC(=O)N1C(C)=CC=CC1=CC=C(C#N)C#N. The number of ether oxygens (including phenoxy) is 1. The maximum atomic E-state index is 11.8. The summed E-state index contributed by atoms with van der Waals surface area (Å²) in [6.07, 6.45) is 7.66. The van der Waals surface area contributed by atoms with E-state index in [2.05, 4.69) is 0 Å². The molecule has 0 bridgehead atoms. The summed E-state index contributed by atoms with van der Waals surface area (Å²) in [5, 5.41) is 17.3. The molecule has 0 saturated carbocycles. The van der Waals surface area contributed by atoms with Gasteiger partial charge >= 0.3 is 6.09 Å². The van der Waals surface area contributed by atoms with Crippen LogP contribution in [0, 0.1) is 22.7 Å². The molecule has 5 nitrogen and oxygen atoms in total. The minimum absolute atomic E-state index is 0.0306. The van der Waals surface area contributed by atoms with Gasteiger partial charge < -0.3 is 4.74 Å². The van der Waals surface area contributed by atoms with Crippen LogP contribution in [-0.2, 0) is 4.74 Å². The zero-order chi connectivity index (χ0) is 14.3. The number of hydrogen-bond acceptors (Lipinski definition) is 4. The van der Waals surface area contributed by atoms with Crippen molar-refractivity contribution in [1.82, 2.24) is 4.90 Å². The van der Waals surface area contributed by atoms with Crippen LogP contribution in [0.4, 0.5) is 4.79 Å². The first-order chi connectivity index (χ1) is 9.13. The molecule has 1 aliphatic rings. The van der Waals surface area contributed by atoms with E-state index in [9.17, 15) is 4.79 Å². The van der Waals surface area contributed by atoms with Gasteiger partial charge in [-0.1, -0.05) is 6.08 Å². The van der Waals surface area contributed by atoms with Crippen molar-refractivity contribution in [2.75, 3.05) is 6.61 Å². The van der Waals surface area contributed by atoms with E-state index in [0.717, 1.165) is 0 Å². The molecule has 0 spiro atoms. The van der Waals surface area contributed by atoms with Gasteiger partial charge in [0.15, 0.2) is 0 Å². The number of carbonyl (C=O) groups is 1. The molecule has 1 heterocycles. The molecule has 19 heavy (non-hydrogen) atoms. The van der Waals surface area contributed by atoms with Gasteiger partial charge in [0.05, 0.1) is 12.3 Å². The quantitative estimate of drug-likeness (QED) is 0.711. The monoisotopic (exact) mass is 255 g/mol. The molecule has 96 valence electrons. The fourth-order valence-corrected chi connectivity index (χ4v) is 1.47. The highest BCUT2D eigenvalue weighted by Crippen LogP contribution is 2.20. The van der Waals surface area contributed by atoms with Crippen LogP contribution < -0.4 is 0 Å². The molecule has 1 aliphatic heterocycles. The van der Waals surface area contributed by atoms with Crippen molar-refractivity contribution >= 4 is 6.09 Å². The third-order valence-electron chi connectivity index (χ3n) is 2.33. The van der Waals surface area contributed by atoms with Gasteiger partial charge in [-0.05, 0) is 38.2 Å². The van der Waals surface area contributed by atoms with Crippen LogP contribution in [0.15, 0.2) is 47.3 Å². The lowest BCUT2D eigenvalue weighted by Gasteiger charge is -2.25. The van der Waals surface area contributed by atoms with Crippen molar-refractivity contribution in [3.8, 4) is 12.1 Å². The number of allylic oxidation sites excluding steroid dienone is 7. The Labute approximate surface area is 112 Å². The van der Waals surface area contributed by atoms with Gasteiger partial charge in [0.1, 0.15) is 17.7 Å². The molecule has 0 saturated heterocycles. The molecular weight excluding hydrogens is 242 g/mol. The van der Waals surface area contributed by atoms with E-state index >= 15 is 0 Å². The highest BCUT2D eigenvalue weighted by Gasteiger charge is 2.20. The first-order valence-electron chi connectivity index (χ1n) is 5.68. The second-order valence-corrected chi connectivity index (χ2v) is 3.60. The van der Waals surface area contributed by atoms with Gasteiger partial charge in [0, 0.05) is 5.70 Å². The lowest BCUT2D eigenvalue weighted by molar-refractivity contribution is 0.128. The zero-order valence-corrected chi connectivity index (χ0v) is 10.8. The molecule has 0 aliphatic carbocycles. The van der Waals surface area contributed by atoms with Crippen molar-refractivity contribution in [3.63, 3.8) is 0 Å². The molecule has 0 N–H and O–H groups in total. The van der Waals surface area contributed by atoms with Gasteiger partial charge in [-0.15, -0.1) is 0 Å². The van der Waals surface area contributed by atoms with Crippen LogP contribution in [0.5, 0.6) is 0 Å². The van der Waals surface area contributed by atoms with Crippen LogP contribution in [0.3, 0.4) is 0 Å². The summed E-state index contributed by atoms with van der Waals surface area (Å²) < 4.78 is 4.96. The van der Waals surface area contributed by atoms with Crippen LogP contribution >= 0.6 is 0 Å². The van der Waals surface area contributed by atoms with Crippen LogP contribution in [-0.4, -0.2) is 17.6 Å². The Balaban J connectivity index is 3.08. The van der Waals surface area contributed by atoms with Crippen molar-refractivity contribution in [2.45, 2.75) is 13.8 Å². The van der Waals surface area contributed by atoms with Gasteiger partial charge in [-0.2, -0.15) is 10.5 Å². The largest absolute Gasteiger partial charge is 0.449 e. The third-order valence-corrected chi connectivity index (χ3v) is 2.33. The van der Waals surface area contributed by atoms with E-state index in [1.807, 2.05) is 0 Å². The van der Waals surface area contributed by atoms with E-state index < -0.39 is 6.09 Å². The Bertz CT molecular complexity index is 552. The fraction of sp³-hybridized carbons (Fsp3) is 0.214. The van der Waals surface area contributed by atoms with E-state index in [-0.39, 0.29) is 12.2 Å². The van der Waals surface area contributed by atoms with E-state index in [0.29, 0.717) is 11.4 Å². The molecule has 0 unspecified atom stereocenters. The Morgan fingerprint density at radius 3 is 2.74 bits per heavy atom. The number of amides is 1. The standard InChI is InChI=1S/C14H13N3O2/c1-3-19-14(18)17-11(2)5-4-6-13(17)8-7-12(9-15)10-16/h4-8H,3H2,1-2H3. The van der Waals surface area contributed by atoms with Crippen LogP contribution in [0.1, 0.15) is 13.8 Å². The summed E-state index contributed by atoms with van der Waals surface area (Å²) in [6.45, 7) is 3.77. The maximum absolute atomic E-state index is 11.8. The molecule has 1 rings (SSSR count). The molecular formula is C14H13N3O2. The summed E-state index contributed by atoms with van der Waals surface area (Å²) in [4.78, 5) is 13.2. The average molecular weight is 255 g/mol. The predicted molar refractivity (Wildman–Crippen MR) is 69.2 cm³/mol. The number of carbonyl (C=O) groups excluding carboxylic acids is 1. The molecule has 0 aromatic rings. The van der Waals surface area contributed by atoms with E-state index in [1.165, 1.54) is 17.1 Å². The lowest BCUT2D eigenvalue weighted by Crippen LogP contribution is -2.29. The van der Waals surface area contributed by atoms with Crippen molar-refractivity contribution in [1.29, 1.82) is 10.5 Å². The zero-order valence-electron chi connectivity index (χ0n) is 10.8. The number of nitriles is 2. The Morgan fingerprint density at radius 2 is 2.16 bits per heavy atom. The van der Waals surface area contributed by atoms with Crippen LogP contribution in [0.2, 0.25) is 0 Å². The first-order valence-corrected chi connectivity index (χ1v) is 5.68. The topological polar surface area (TPSA) is 77.1 Å². The molecule has 0 aromatic carbocycles. The first kappa shape index (κ1) is 14.3. The molecule has 0 atom stereocenters. The Hall–Kier alpha value is -2.79. The van der Waals surface area contributed by atoms with Crippen molar-refractivity contribution in [3.05, 3.63) is 47.3 Å². The maximum Gasteiger partial charge on any atom is 0.418 e. The summed E-state index contributed by atoms with van der Waals surface area (Å²) >= 11 is 0. The van der Waals surface area contributed by atoms with E-state index in [4.69, 9.17) is 15.3 Å². The van der Waals surface area contributed by atoms with E-state index in [1.54, 1.807) is 44.2 Å². The van der Waals surface area contributed by atoms with Crippen molar-refractivity contribution in [2.24, 2.45) is 0 Å². The Kier molecular flexibility index (Phi) is 5.13. The fourth-order valence-electron chi connectivity index (χ4n) is 1.47. The predicted octanol–water partition coefficient (Wildman–Crippen LogP) is 2.78. The van der Waals surface area contributed by atoms with Gasteiger partial charge in [-0.3, -0.25) is 4.90 Å². The number of hydrogen-bond donors (Lipinski definition) is 0. The summed E-state index contributed by atoms with van der Waals surface area (Å²) in [5.41, 5.74) is 1.22. The Morgan fingerprint density at radius 1 is 1.47 bits per heavy atom. The third kappa shape index (κ3) is 3.58. The number of rotatable bonds is 2. The van der Waals surface area contributed by atoms with Crippen molar-refractivity contribution < 1.29 is 9.53 Å². The summed E-state index contributed by atoms with van der Waals surface area (Å²) in [5.74, 6) is 0. The molecule has 0 fully saturated rings. The normalized spacial score (nSPS) is 15.3. The van der Waals surface area contributed by atoms with Gasteiger partial charge in [0.2, 0.25) is 0 Å². The smallest absolute Gasteiger partial charge is 0.418 e. The summed E-state index contributed by atoms with van der Waals surface area (Å²) in [6, 6.07) is 3.51. The summed E-state index contributed by atoms with van der Waals surface area (Å²) in [7, 11) is 0. The minimum atomic E-state index is -0.490. The van der Waals surface area contributed by atoms with Gasteiger partial charge in [-0.25, -0.2) is 4.79 Å². The second kappa shape index (κ2) is 6.83. The van der Waals surface area contributed by atoms with Crippen LogP contribution in [0.25, 0.3) is 0 Å².